The van der Waals surface area contributed by atoms with Gasteiger partial charge in [-0.15, -0.1) is 11.3 Å². The van der Waals surface area contributed by atoms with Crippen molar-refractivity contribution in [3.8, 4) is 11.5 Å². The summed E-state index contributed by atoms with van der Waals surface area (Å²) in [4.78, 5) is 15.0. The summed E-state index contributed by atoms with van der Waals surface area (Å²) >= 11 is 1.32. The number of anilines is 2. The lowest BCUT2D eigenvalue weighted by molar-refractivity contribution is -0.144. The monoisotopic (exact) mass is 336 g/mol. The minimum atomic E-state index is -1.07. The topological polar surface area (TPSA) is 119 Å². The molecule has 1 unspecified atom stereocenters. The van der Waals surface area contributed by atoms with Crippen LogP contribution >= 0.6 is 11.3 Å². The second kappa shape index (κ2) is 7.45. The molecule has 0 saturated carbocycles. The van der Waals surface area contributed by atoms with Crippen LogP contribution in [0.2, 0.25) is 0 Å². The minimum absolute atomic E-state index is 0.300. The van der Waals surface area contributed by atoms with E-state index in [0.29, 0.717) is 28.0 Å². The van der Waals surface area contributed by atoms with Gasteiger partial charge in [0.2, 0.25) is 5.13 Å². The molecule has 8 nitrogen and oxygen atoms in total. The van der Waals surface area contributed by atoms with Crippen molar-refractivity contribution in [1.82, 2.24) is 4.98 Å². The van der Waals surface area contributed by atoms with Crippen molar-refractivity contribution in [2.24, 2.45) is 5.10 Å². The molecule has 0 radical (unpaired) electrons. The zero-order valence-corrected chi connectivity index (χ0v) is 13.3. The van der Waals surface area contributed by atoms with Crippen LogP contribution in [0.1, 0.15) is 12.5 Å². The molecule has 122 valence electrons. The quantitative estimate of drug-likeness (QED) is 0.523. The summed E-state index contributed by atoms with van der Waals surface area (Å²) in [5, 5.41) is 15.3. The number of para-hydroxylation sites is 1. The van der Waals surface area contributed by atoms with Gasteiger partial charge in [0.15, 0.2) is 17.6 Å². The molecular formula is C14H16N4O4S. The van der Waals surface area contributed by atoms with Crippen LogP contribution < -0.4 is 20.6 Å². The number of ether oxygens (including phenoxy) is 2. The summed E-state index contributed by atoms with van der Waals surface area (Å²) in [7, 11) is 1.48. The molecule has 9 heteroatoms. The standard InChI is InChI=1S/C14H16N4O4S/c1-8(13(19)20)22-12-9(4-3-5-10(12)21-2)6-16-18-14-17-11(15)7-23-14/h3-8H,15H2,1-2H3,(H,17,18)(H,19,20). The molecule has 0 aliphatic heterocycles. The van der Waals surface area contributed by atoms with E-state index in [1.807, 2.05) is 0 Å². The van der Waals surface area contributed by atoms with Crippen LogP contribution in [0, 0.1) is 0 Å². The van der Waals surface area contributed by atoms with Crippen molar-refractivity contribution in [2.75, 3.05) is 18.3 Å². The number of nitrogens with one attached hydrogen (secondary N) is 1. The number of carbonyl (C=O) groups is 1. The third-order valence-corrected chi connectivity index (χ3v) is 3.52. The van der Waals surface area contributed by atoms with Crippen LogP contribution in [0.3, 0.4) is 0 Å². The number of aromatic nitrogens is 1. The predicted octanol–water partition coefficient (Wildman–Crippen LogP) is 2.03. The molecule has 0 bridgehead atoms. The van der Waals surface area contributed by atoms with E-state index >= 15 is 0 Å². The van der Waals surface area contributed by atoms with Gasteiger partial charge in [-0.2, -0.15) is 5.10 Å². The first-order valence-electron chi connectivity index (χ1n) is 6.57. The lowest BCUT2D eigenvalue weighted by atomic mass is 10.2. The first-order chi connectivity index (χ1) is 11.0. The number of methoxy groups -OCH3 is 1. The van der Waals surface area contributed by atoms with Crippen molar-refractivity contribution in [3.05, 3.63) is 29.1 Å². The summed E-state index contributed by atoms with van der Waals surface area (Å²) < 4.78 is 10.7. The molecule has 0 aliphatic rings. The Morgan fingerprint density at radius 3 is 2.96 bits per heavy atom. The molecule has 1 aromatic carbocycles. The smallest absolute Gasteiger partial charge is 0.344 e. The number of aliphatic carboxylic acids is 1. The average Bonchev–Trinajstić information content (AvgIpc) is 2.93. The second-order valence-electron chi connectivity index (χ2n) is 4.42. The molecule has 1 heterocycles. The van der Waals surface area contributed by atoms with Crippen molar-refractivity contribution in [3.63, 3.8) is 0 Å². The van der Waals surface area contributed by atoms with Crippen molar-refractivity contribution < 1.29 is 19.4 Å². The SMILES string of the molecule is COc1cccc(C=NNc2nc(N)cs2)c1OC(C)C(=O)O. The number of hydrazone groups is 1. The molecule has 0 amide bonds. The first kappa shape index (κ1) is 16.6. The van der Waals surface area contributed by atoms with Gasteiger partial charge in [-0.1, -0.05) is 6.07 Å². The number of nitrogens with zero attached hydrogens (tertiary/aromatic N) is 2. The van der Waals surface area contributed by atoms with E-state index in [1.165, 1.54) is 31.6 Å². The number of nitrogen functional groups attached to an aromatic ring is 1. The van der Waals surface area contributed by atoms with Gasteiger partial charge in [-0.25, -0.2) is 9.78 Å². The summed E-state index contributed by atoms with van der Waals surface area (Å²) in [5.74, 6) is 0.0539. The number of hydrogen-bond donors (Lipinski definition) is 3. The Kier molecular flexibility index (Phi) is 5.36. The van der Waals surface area contributed by atoms with Gasteiger partial charge >= 0.3 is 5.97 Å². The minimum Gasteiger partial charge on any atom is -0.493 e. The molecule has 2 aromatic rings. The van der Waals surface area contributed by atoms with Crippen LogP contribution in [-0.4, -0.2) is 35.5 Å². The van der Waals surface area contributed by atoms with E-state index in [2.05, 4.69) is 15.5 Å². The maximum absolute atomic E-state index is 11.0. The molecule has 23 heavy (non-hydrogen) atoms. The highest BCUT2D eigenvalue weighted by molar-refractivity contribution is 7.14. The molecule has 1 aromatic heterocycles. The highest BCUT2D eigenvalue weighted by Gasteiger charge is 2.17. The van der Waals surface area contributed by atoms with E-state index in [-0.39, 0.29) is 0 Å². The van der Waals surface area contributed by atoms with Gasteiger partial charge in [-0.3, -0.25) is 5.43 Å². The third-order valence-electron chi connectivity index (χ3n) is 2.76. The lowest BCUT2D eigenvalue weighted by Gasteiger charge is -2.15. The van der Waals surface area contributed by atoms with Gasteiger partial charge < -0.3 is 20.3 Å². The van der Waals surface area contributed by atoms with Crippen molar-refractivity contribution in [1.29, 1.82) is 0 Å². The number of rotatable bonds is 7. The highest BCUT2D eigenvalue weighted by atomic mass is 32.1. The van der Waals surface area contributed by atoms with Crippen LogP contribution in [0.15, 0.2) is 28.7 Å². The first-order valence-corrected chi connectivity index (χ1v) is 7.45. The molecule has 4 N–H and O–H groups in total. The fourth-order valence-corrected chi connectivity index (χ4v) is 2.19. The average molecular weight is 336 g/mol. The number of benzene rings is 1. The Hall–Kier alpha value is -2.81. The third kappa shape index (κ3) is 4.33. The van der Waals surface area contributed by atoms with Crippen LogP contribution in [-0.2, 0) is 4.79 Å². The Bertz CT molecular complexity index is 717. The fraction of sp³-hybridized carbons (Fsp3) is 0.214. The van der Waals surface area contributed by atoms with E-state index < -0.39 is 12.1 Å². The molecule has 0 aliphatic carbocycles. The van der Waals surface area contributed by atoms with Gasteiger partial charge in [0, 0.05) is 10.9 Å². The maximum Gasteiger partial charge on any atom is 0.344 e. The number of carboxylic acids is 1. The Morgan fingerprint density at radius 1 is 1.57 bits per heavy atom. The van der Waals surface area contributed by atoms with Gasteiger partial charge in [-0.05, 0) is 19.1 Å². The maximum atomic E-state index is 11.0. The van der Waals surface area contributed by atoms with Gasteiger partial charge in [0.1, 0.15) is 5.82 Å². The molecule has 0 fully saturated rings. The number of nitrogens with two attached hydrogens (primary N) is 1. The molecule has 0 saturated heterocycles. The van der Waals surface area contributed by atoms with Gasteiger partial charge in [0.25, 0.3) is 0 Å². The summed E-state index contributed by atoms with van der Waals surface area (Å²) in [6.07, 6.45) is 0.467. The van der Waals surface area contributed by atoms with E-state index in [0.717, 1.165) is 0 Å². The summed E-state index contributed by atoms with van der Waals surface area (Å²) in [5.41, 5.74) is 8.83. The summed E-state index contributed by atoms with van der Waals surface area (Å²) in [6, 6.07) is 5.16. The molecular weight excluding hydrogens is 320 g/mol. The normalized spacial score (nSPS) is 12.1. The largest absolute Gasteiger partial charge is 0.493 e. The highest BCUT2D eigenvalue weighted by Crippen LogP contribution is 2.31. The van der Waals surface area contributed by atoms with E-state index in [9.17, 15) is 4.79 Å². The van der Waals surface area contributed by atoms with Crippen LogP contribution in [0.5, 0.6) is 11.5 Å². The number of hydrogen-bond acceptors (Lipinski definition) is 8. The van der Waals surface area contributed by atoms with E-state index in [1.54, 1.807) is 23.6 Å². The van der Waals surface area contributed by atoms with E-state index in [4.69, 9.17) is 20.3 Å². The Morgan fingerprint density at radius 2 is 2.35 bits per heavy atom. The Labute approximate surface area is 136 Å². The number of carboxylic acid groups (broad SMARTS) is 1. The molecule has 2 rings (SSSR count). The summed E-state index contributed by atoms with van der Waals surface area (Å²) in [6.45, 7) is 1.44. The van der Waals surface area contributed by atoms with Crippen LogP contribution in [0.4, 0.5) is 10.9 Å². The predicted molar refractivity (Wildman–Crippen MR) is 88.5 cm³/mol. The van der Waals surface area contributed by atoms with Crippen molar-refractivity contribution >= 4 is 34.5 Å². The fourth-order valence-electron chi connectivity index (χ4n) is 1.64. The van der Waals surface area contributed by atoms with Crippen LogP contribution in [0.25, 0.3) is 0 Å². The molecule has 1 atom stereocenters. The second-order valence-corrected chi connectivity index (χ2v) is 5.28. The van der Waals surface area contributed by atoms with Gasteiger partial charge in [0.05, 0.1) is 13.3 Å². The zero-order valence-electron chi connectivity index (χ0n) is 12.5. The zero-order chi connectivity index (χ0) is 16.8. The Balaban J connectivity index is 2.21. The molecule has 0 spiro atoms. The number of thiazole rings is 1. The van der Waals surface area contributed by atoms with Crippen molar-refractivity contribution in [2.45, 2.75) is 13.0 Å². The lowest BCUT2D eigenvalue weighted by Crippen LogP contribution is -2.23.